The van der Waals surface area contributed by atoms with Crippen molar-refractivity contribution in [3.63, 3.8) is 0 Å². The molecule has 1 aliphatic rings. The van der Waals surface area contributed by atoms with Crippen LogP contribution in [-0.4, -0.2) is 23.1 Å². The van der Waals surface area contributed by atoms with Gasteiger partial charge in [-0.15, -0.1) is 0 Å². The Morgan fingerprint density at radius 1 is 1.19 bits per heavy atom. The van der Waals surface area contributed by atoms with E-state index in [0.29, 0.717) is 11.7 Å². The second kappa shape index (κ2) is 4.28. The minimum absolute atomic E-state index is 0.323. The Morgan fingerprint density at radius 2 is 1.81 bits per heavy atom. The third-order valence-corrected chi connectivity index (χ3v) is 3.10. The number of anilines is 2. The lowest BCUT2D eigenvalue weighted by molar-refractivity contribution is 0.764. The van der Waals surface area contributed by atoms with Crippen molar-refractivity contribution >= 4 is 11.6 Å². The van der Waals surface area contributed by atoms with Crippen LogP contribution in [0.1, 0.15) is 44.0 Å². The van der Waals surface area contributed by atoms with Crippen LogP contribution in [0.3, 0.4) is 0 Å². The zero-order valence-electron chi connectivity index (χ0n) is 10.3. The summed E-state index contributed by atoms with van der Waals surface area (Å²) in [6, 6.07) is 0. The highest BCUT2D eigenvalue weighted by Crippen LogP contribution is 2.26. The molecule has 2 rings (SSSR count). The van der Waals surface area contributed by atoms with Crippen molar-refractivity contribution in [3.8, 4) is 0 Å². The molecule has 4 nitrogen and oxygen atoms in total. The highest BCUT2D eigenvalue weighted by atomic mass is 15.2. The molecule has 1 aromatic heterocycles. The van der Waals surface area contributed by atoms with Crippen molar-refractivity contribution in [3.05, 3.63) is 11.4 Å². The summed E-state index contributed by atoms with van der Waals surface area (Å²) in [5, 5.41) is 0. The lowest BCUT2D eigenvalue weighted by Gasteiger charge is -2.20. The van der Waals surface area contributed by atoms with Gasteiger partial charge in [-0.1, -0.05) is 13.8 Å². The SMILES string of the molecule is Cc1c(N)nc(C(C)C)nc1N1CCCC1. The molecule has 16 heavy (non-hydrogen) atoms. The lowest BCUT2D eigenvalue weighted by atomic mass is 10.2. The summed E-state index contributed by atoms with van der Waals surface area (Å²) in [7, 11) is 0. The molecule has 0 amide bonds. The summed E-state index contributed by atoms with van der Waals surface area (Å²) in [6.07, 6.45) is 2.50. The molecule has 4 heteroatoms. The monoisotopic (exact) mass is 220 g/mol. The molecule has 1 aromatic rings. The molecule has 2 heterocycles. The van der Waals surface area contributed by atoms with Crippen LogP contribution >= 0.6 is 0 Å². The van der Waals surface area contributed by atoms with Gasteiger partial charge in [-0.05, 0) is 19.8 Å². The van der Waals surface area contributed by atoms with Gasteiger partial charge in [-0.2, -0.15) is 0 Å². The number of rotatable bonds is 2. The minimum Gasteiger partial charge on any atom is -0.383 e. The zero-order chi connectivity index (χ0) is 11.7. The molecular weight excluding hydrogens is 200 g/mol. The molecule has 1 saturated heterocycles. The average Bonchev–Trinajstić information content (AvgIpc) is 2.74. The number of hydrogen-bond donors (Lipinski definition) is 1. The molecule has 0 unspecified atom stereocenters. The van der Waals surface area contributed by atoms with Crippen LogP contribution in [0, 0.1) is 6.92 Å². The molecule has 2 N–H and O–H groups in total. The van der Waals surface area contributed by atoms with Gasteiger partial charge < -0.3 is 10.6 Å². The highest BCUT2D eigenvalue weighted by molar-refractivity contribution is 5.57. The Bertz CT molecular complexity index is 381. The lowest BCUT2D eigenvalue weighted by Crippen LogP contribution is -2.22. The number of nitrogens with zero attached hydrogens (tertiary/aromatic N) is 3. The van der Waals surface area contributed by atoms with Gasteiger partial charge in [0.25, 0.3) is 0 Å². The number of aromatic nitrogens is 2. The maximum atomic E-state index is 5.95. The summed E-state index contributed by atoms with van der Waals surface area (Å²) in [6.45, 7) is 8.38. The van der Waals surface area contributed by atoms with Gasteiger partial charge in [0, 0.05) is 24.6 Å². The largest absolute Gasteiger partial charge is 0.383 e. The molecular formula is C12H20N4. The first kappa shape index (κ1) is 11.2. The van der Waals surface area contributed by atoms with Crippen LogP contribution in [0.4, 0.5) is 11.6 Å². The number of hydrogen-bond acceptors (Lipinski definition) is 4. The van der Waals surface area contributed by atoms with Crippen molar-refractivity contribution in [1.82, 2.24) is 9.97 Å². The van der Waals surface area contributed by atoms with Gasteiger partial charge in [0.15, 0.2) is 0 Å². The molecule has 0 aromatic carbocycles. The standard InChI is InChI=1S/C12H20N4/c1-8(2)11-14-10(13)9(3)12(15-11)16-6-4-5-7-16/h8H,4-7H2,1-3H3,(H2,13,14,15). The molecule has 1 fully saturated rings. The van der Waals surface area contributed by atoms with Crippen molar-refractivity contribution in [2.45, 2.75) is 39.5 Å². The van der Waals surface area contributed by atoms with Crippen molar-refractivity contribution in [2.24, 2.45) is 0 Å². The van der Waals surface area contributed by atoms with Crippen molar-refractivity contribution < 1.29 is 0 Å². The molecule has 1 aliphatic heterocycles. The molecule has 0 atom stereocenters. The molecule has 0 spiro atoms. The fourth-order valence-electron chi connectivity index (χ4n) is 2.03. The smallest absolute Gasteiger partial charge is 0.137 e. The normalized spacial score (nSPS) is 16.1. The summed E-state index contributed by atoms with van der Waals surface area (Å²) in [4.78, 5) is 11.3. The molecule has 88 valence electrons. The Balaban J connectivity index is 2.41. The second-order valence-corrected chi connectivity index (χ2v) is 4.76. The first-order valence-corrected chi connectivity index (χ1v) is 5.98. The summed E-state index contributed by atoms with van der Waals surface area (Å²) in [5.41, 5.74) is 6.97. The van der Waals surface area contributed by atoms with E-state index in [9.17, 15) is 0 Å². The number of nitrogens with two attached hydrogens (primary N) is 1. The van der Waals surface area contributed by atoms with E-state index in [2.05, 4.69) is 28.7 Å². The van der Waals surface area contributed by atoms with E-state index < -0.39 is 0 Å². The molecule has 0 radical (unpaired) electrons. The van der Waals surface area contributed by atoms with Crippen LogP contribution < -0.4 is 10.6 Å². The molecule has 0 bridgehead atoms. The van der Waals surface area contributed by atoms with Crippen LogP contribution in [0.5, 0.6) is 0 Å². The van der Waals surface area contributed by atoms with E-state index >= 15 is 0 Å². The fraction of sp³-hybridized carbons (Fsp3) is 0.667. The molecule has 0 aliphatic carbocycles. The first-order valence-electron chi connectivity index (χ1n) is 5.98. The zero-order valence-corrected chi connectivity index (χ0v) is 10.3. The van der Waals surface area contributed by atoms with E-state index in [1.54, 1.807) is 0 Å². The van der Waals surface area contributed by atoms with E-state index in [4.69, 9.17) is 5.73 Å². The van der Waals surface area contributed by atoms with Gasteiger partial charge in [0.05, 0.1) is 0 Å². The predicted octanol–water partition coefficient (Wildman–Crippen LogP) is 2.09. The number of nitrogen functional groups attached to an aromatic ring is 1. The van der Waals surface area contributed by atoms with Gasteiger partial charge in [-0.25, -0.2) is 9.97 Å². The van der Waals surface area contributed by atoms with Crippen LogP contribution in [0.2, 0.25) is 0 Å². The van der Waals surface area contributed by atoms with Crippen LogP contribution in [0.25, 0.3) is 0 Å². The summed E-state index contributed by atoms with van der Waals surface area (Å²) in [5.74, 6) is 2.84. The van der Waals surface area contributed by atoms with Gasteiger partial charge in [0.2, 0.25) is 0 Å². The van der Waals surface area contributed by atoms with Crippen molar-refractivity contribution in [2.75, 3.05) is 23.7 Å². The quantitative estimate of drug-likeness (QED) is 0.829. The Hall–Kier alpha value is -1.32. The van der Waals surface area contributed by atoms with Gasteiger partial charge >= 0.3 is 0 Å². The van der Waals surface area contributed by atoms with E-state index in [1.165, 1.54) is 12.8 Å². The highest BCUT2D eigenvalue weighted by Gasteiger charge is 2.19. The fourth-order valence-corrected chi connectivity index (χ4v) is 2.03. The van der Waals surface area contributed by atoms with E-state index in [1.807, 2.05) is 6.92 Å². The molecule has 0 saturated carbocycles. The van der Waals surface area contributed by atoms with E-state index in [-0.39, 0.29) is 0 Å². The van der Waals surface area contributed by atoms with E-state index in [0.717, 1.165) is 30.3 Å². The maximum absolute atomic E-state index is 5.95. The second-order valence-electron chi connectivity index (χ2n) is 4.76. The predicted molar refractivity (Wildman–Crippen MR) is 66.7 cm³/mol. The average molecular weight is 220 g/mol. The van der Waals surface area contributed by atoms with Crippen molar-refractivity contribution in [1.29, 1.82) is 0 Å². The third-order valence-electron chi connectivity index (χ3n) is 3.10. The summed E-state index contributed by atoms with van der Waals surface area (Å²) < 4.78 is 0. The Morgan fingerprint density at radius 3 is 2.38 bits per heavy atom. The van der Waals surface area contributed by atoms with Crippen LogP contribution in [-0.2, 0) is 0 Å². The minimum atomic E-state index is 0.323. The Kier molecular flexibility index (Phi) is 2.99. The van der Waals surface area contributed by atoms with Gasteiger partial charge in [-0.3, -0.25) is 0 Å². The third kappa shape index (κ3) is 1.96. The Labute approximate surface area is 96.9 Å². The maximum Gasteiger partial charge on any atom is 0.137 e. The topological polar surface area (TPSA) is 55.0 Å². The summed E-state index contributed by atoms with van der Waals surface area (Å²) >= 11 is 0. The van der Waals surface area contributed by atoms with Gasteiger partial charge in [0.1, 0.15) is 17.5 Å². The first-order chi connectivity index (χ1) is 7.59. The van der Waals surface area contributed by atoms with Crippen LogP contribution in [0.15, 0.2) is 0 Å².